The Kier molecular flexibility index (Phi) is 3.03. The molecule has 2 nitrogen and oxygen atoms in total. The molecule has 0 fully saturated rings. The van der Waals surface area contributed by atoms with Gasteiger partial charge in [-0.2, -0.15) is 0 Å². The normalized spacial score (nSPS) is 14.1. The Morgan fingerprint density at radius 3 is 2.84 bits per heavy atom. The van der Waals surface area contributed by atoms with Crippen LogP contribution in [0.3, 0.4) is 0 Å². The summed E-state index contributed by atoms with van der Waals surface area (Å²) in [6, 6.07) is 12.6. The van der Waals surface area contributed by atoms with Gasteiger partial charge in [0.1, 0.15) is 12.1 Å². The zero-order valence-electron chi connectivity index (χ0n) is 10.5. The number of aryl methyl sites for hydroxylation is 1. The van der Waals surface area contributed by atoms with Crippen LogP contribution in [-0.2, 0) is 6.42 Å². The lowest BCUT2D eigenvalue weighted by Crippen LogP contribution is -2.24. The molecule has 0 saturated carbocycles. The van der Waals surface area contributed by atoms with Crippen LogP contribution in [0.2, 0.25) is 0 Å². The van der Waals surface area contributed by atoms with Crippen LogP contribution >= 0.6 is 0 Å². The average molecular weight is 255 g/mol. The van der Waals surface area contributed by atoms with E-state index in [0.29, 0.717) is 11.8 Å². The highest BCUT2D eigenvalue weighted by atomic mass is 19.1. The van der Waals surface area contributed by atoms with Crippen LogP contribution in [0.5, 0.6) is 0 Å². The van der Waals surface area contributed by atoms with Crippen LogP contribution in [-0.4, -0.2) is 12.8 Å². The maximum absolute atomic E-state index is 13.6. The molecule has 0 aromatic heterocycles. The fraction of sp³-hybridized carbons (Fsp3) is 0.188. The minimum atomic E-state index is -0.373. The average Bonchev–Trinajstić information content (AvgIpc) is 2.46. The van der Waals surface area contributed by atoms with E-state index in [1.54, 1.807) is 6.07 Å². The van der Waals surface area contributed by atoms with Gasteiger partial charge in [0.15, 0.2) is 0 Å². The van der Waals surface area contributed by atoms with Crippen LogP contribution in [0.15, 0.2) is 42.5 Å². The largest absolute Gasteiger partial charge is 0.341 e. The van der Waals surface area contributed by atoms with Crippen molar-refractivity contribution >= 4 is 17.7 Å². The number of nitrogens with zero attached hydrogens (tertiary/aromatic N) is 1. The Hall–Kier alpha value is -2.16. The Morgan fingerprint density at radius 2 is 2.00 bits per heavy atom. The van der Waals surface area contributed by atoms with E-state index in [0.717, 1.165) is 30.8 Å². The van der Waals surface area contributed by atoms with Gasteiger partial charge in [0.25, 0.3) is 0 Å². The van der Waals surface area contributed by atoms with Crippen LogP contribution in [0.25, 0.3) is 0 Å². The summed E-state index contributed by atoms with van der Waals surface area (Å²) < 4.78 is 13.6. The lowest BCUT2D eigenvalue weighted by molar-refractivity contribution is 0.112. The second-order valence-electron chi connectivity index (χ2n) is 4.74. The second-order valence-corrected chi connectivity index (χ2v) is 4.74. The molecular formula is C16H14FNO. The van der Waals surface area contributed by atoms with Gasteiger partial charge in [-0.1, -0.05) is 18.2 Å². The SMILES string of the molecule is O=Cc1cc(F)cc(N2CCCc3ccccc32)c1. The maximum Gasteiger partial charge on any atom is 0.150 e. The smallest absolute Gasteiger partial charge is 0.150 e. The molecule has 96 valence electrons. The summed E-state index contributed by atoms with van der Waals surface area (Å²) in [5.41, 5.74) is 3.49. The number of halogens is 1. The minimum Gasteiger partial charge on any atom is -0.341 e. The second kappa shape index (κ2) is 4.84. The molecule has 0 atom stereocenters. The van der Waals surface area contributed by atoms with Crippen molar-refractivity contribution in [1.82, 2.24) is 0 Å². The quantitative estimate of drug-likeness (QED) is 0.762. The molecule has 0 N–H and O–H groups in total. The molecule has 0 saturated heterocycles. The van der Waals surface area contributed by atoms with Crippen molar-refractivity contribution in [3.8, 4) is 0 Å². The number of anilines is 2. The lowest BCUT2D eigenvalue weighted by Gasteiger charge is -2.31. The number of benzene rings is 2. The van der Waals surface area contributed by atoms with Crippen molar-refractivity contribution in [1.29, 1.82) is 0 Å². The molecule has 0 spiro atoms. The molecule has 0 amide bonds. The molecule has 0 radical (unpaired) electrons. The third-order valence-corrected chi connectivity index (χ3v) is 3.46. The number of rotatable bonds is 2. The predicted molar refractivity (Wildman–Crippen MR) is 73.6 cm³/mol. The van der Waals surface area contributed by atoms with Gasteiger partial charge in [-0.05, 0) is 42.7 Å². The minimum absolute atomic E-state index is 0.373. The monoisotopic (exact) mass is 255 g/mol. The number of fused-ring (bicyclic) bond motifs is 1. The van der Waals surface area contributed by atoms with E-state index < -0.39 is 0 Å². The number of aldehydes is 1. The fourth-order valence-corrected chi connectivity index (χ4v) is 2.62. The fourth-order valence-electron chi connectivity index (χ4n) is 2.62. The van der Waals surface area contributed by atoms with Crippen molar-refractivity contribution in [2.45, 2.75) is 12.8 Å². The number of carbonyl (C=O) groups excluding carboxylic acids is 1. The van der Waals surface area contributed by atoms with Gasteiger partial charge < -0.3 is 4.90 Å². The third-order valence-electron chi connectivity index (χ3n) is 3.46. The summed E-state index contributed by atoms with van der Waals surface area (Å²) in [5.74, 6) is -0.373. The maximum atomic E-state index is 13.6. The third kappa shape index (κ3) is 2.24. The molecule has 1 aliphatic rings. The van der Waals surface area contributed by atoms with Gasteiger partial charge in [-0.15, -0.1) is 0 Å². The number of para-hydroxylation sites is 1. The standard InChI is InChI=1S/C16H14FNO/c17-14-8-12(11-19)9-15(10-14)18-7-3-5-13-4-1-2-6-16(13)18/h1-2,4,6,8-11H,3,5,7H2. The highest BCUT2D eigenvalue weighted by Gasteiger charge is 2.18. The van der Waals surface area contributed by atoms with Crippen molar-refractivity contribution < 1.29 is 9.18 Å². The van der Waals surface area contributed by atoms with Gasteiger partial charge in [0, 0.05) is 23.5 Å². The van der Waals surface area contributed by atoms with E-state index >= 15 is 0 Å². The molecule has 3 heteroatoms. The number of hydrogen-bond donors (Lipinski definition) is 0. The first-order valence-corrected chi connectivity index (χ1v) is 6.39. The first-order valence-electron chi connectivity index (χ1n) is 6.39. The Bertz CT molecular complexity index is 624. The van der Waals surface area contributed by atoms with E-state index in [9.17, 15) is 9.18 Å². The summed E-state index contributed by atoms with van der Waals surface area (Å²) in [6.07, 6.45) is 2.76. The van der Waals surface area contributed by atoms with E-state index in [4.69, 9.17) is 0 Å². The Morgan fingerprint density at radius 1 is 1.16 bits per heavy atom. The van der Waals surface area contributed by atoms with E-state index in [1.807, 2.05) is 18.2 Å². The Labute approximate surface area is 111 Å². The van der Waals surface area contributed by atoms with Crippen LogP contribution in [0.1, 0.15) is 22.3 Å². The first kappa shape index (κ1) is 11.9. The van der Waals surface area contributed by atoms with Crippen molar-refractivity contribution in [3.63, 3.8) is 0 Å². The highest BCUT2D eigenvalue weighted by Crippen LogP contribution is 2.33. The summed E-state index contributed by atoms with van der Waals surface area (Å²) in [6.45, 7) is 0.846. The molecule has 2 aromatic rings. The molecule has 2 aromatic carbocycles. The summed E-state index contributed by atoms with van der Waals surface area (Å²) in [7, 11) is 0. The molecule has 1 heterocycles. The number of hydrogen-bond acceptors (Lipinski definition) is 2. The summed E-state index contributed by atoms with van der Waals surface area (Å²) in [5, 5.41) is 0. The summed E-state index contributed by atoms with van der Waals surface area (Å²) in [4.78, 5) is 12.9. The molecule has 0 bridgehead atoms. The van der Waals surface area contributed by atoms with Gasteiger partial charge >= 0.3 is 0 Å². The zero-order chi connectivity index (χ0) is 13.2. The molecule has 1 aliphatic heterocycles. The van der Waals surface area contributed by atoms with Crippen LogP contribution < -0.4 is 4.90 Å². The lowest BCUT2D eigenvalue weighted by atomic mass is 10.0. The van der Waals surface area contributed by atoms with Crippen LogP contribution in [0.4, 0.5) is 15.8 Å². The topological polar surface area (TPSA) is 20.3 Å². The van der Waals surface area contributed by atoms with E-state index in [2.05, 4.69) is 11.0 Å². The highest BCUT2D eigenvalue weighted by molar-refractivity contribution is 5.79. The molecule has 3 rings (SSSR count). The molecule has 0 aliphatic carbocycles. The number of carbonyl (C=O) groups is 1. The molecule has 19 heavy (non-hydrogen) atoms. The Balaban J connectivity index is 2.08. The van der Waals surface area contributed by atoms with Crippen LogP contribution in [0, 0.1) is 5.82 Å². The van der Waals surface area contributed by atoms with Crippen molar-refractivity contribution in [2.75, 3.05) is 11.4 Å². The molecule has 0 unspecified atom stereocenters. The summed E-state index contributed by atoms with van der Waals surface area (Å²) >= 11 is 0. The first-order chi connectivity index (χ1) is 9.28. The van der Waals surface area contributed by atoms with E-state index in [1.165, 1.54) is 17.7 Å². The van der Waals surface area contributed by atoms with Gasteiger partial charge in [0.05, 0.1) is 0 Å². The van der Waals surface area contributed by atoms with Crippen molar-refractivity contribution in [2.24, 2.45) is 0 Å². The van der Waals surface area contributed by atoms with Gasteiger partial charge in [-0.3, -0.25) is 4.79 Å². The molecular weight excluding hydrogens is 241 g/mol. The van der Waals surface area contributed by atoms with Gasteiger partial charge in [0.2, 0.25) is 0 Å². The predicted octanol–water partition coefficient (Wildman–Crippen LogP) is 3.72. The van der Waals surface area contributed by atoms with E-state index in [-0.39, 0.29) is 5.82 Å². The zero-order valence-corrected chi connectivity index (χ0v) is 10.5. The van der Waals surface area contributed by atoms with Crippen molar-refractivity contribution in [3.05, 3.63) is 59.4 Å². The van der Waals surface area contributed by atoms with Gasteiger partial charge in [-0.25, -0.2) is 4.39 Å².